The average Bonchev–Trinajstić information content (AvgIpc) is 2.98. The van der Waals surface area contributed by atoms with Crippen molar-refractivity contribution in [2.45, 2.75) is 26.1 Å². The lowest BCUT2D eigenvalue weighted by molar-refractivity contribution is -0.136. The van der Waals surface area contributed by atoms with Gasteiger partial charge < -0.3 is 35.3 Å². The minimum atomic E-state index is -1.33. The monoisotopic (exact) mass is 610 g/mol. The summed E-state index contributed by atoms with van der Waals surface area (Å²) in [6.45, 7) is 3.36. The molecule has 226 valence electrons. The van der Waals surface area contributed by atoms with Crippen molar-refractivity contribution >= 4 is 53.0 Å². The zero-order chi connectivity index (χ0) is 31.1. The van der Waals surface area contributed by atoms with Gasteiger partial charge in [-0.2, -0.15) is 5.10 Å². The van der Waals surface area contributed by atoms with Gasteiger partial charge in [-0.05, 0) is 55.9 Å². The Labute approximate surface area is 252 Å². The minimum Gasteiger partial charge on any atom is -0.490 e. The topological polar surface area (TPSA) is 180 Å². The molecule has 1 saturated heterocycles. The van der Waals surface area contributed by atoms with Crippen molar-refractivity contribution in [3.05, 3.63) is 65.4 Å². The van der Waals surface area contributed by atoms with Gasteiger partial charge in [-0.1, -0.05) is 24.3 Å². The second-order valence-electron chi connectivity index (χ2n) is 9.22. The van der Waals surface area contributed by atoms with E-state index in [0.717, 1.165) is 6.21 Å². The van der Waals surface area contributed by atoms with E-state index >= 15 is 0 Å². The first-order valence-corrected chi connectivity index (χ1v) is 13.5. The third kappa shape index (κ3) is 7.07. The fraction of sp³-hybridized carbons (Fsp3) is 0.286. The number of amides is 4. The maximum absolute atomic E-state index is 13.0. The van der Waals surface area contributed by atoms with E-state index in [2.05, 4.69) is 26.5 Å². The summed E-state index contributed by atoms with van der Waals surface area (Å²) in [5.41, 5.74) is 4.03. The number of esters is 1. The SMILES string of the molecule is CCOc1cc([C@@H]2NC(=O)NC(C)=C2C(=O)OC)ccc1OC[C@@H](O)N/N=C\[C@H]1C(=O)NC(=S)N(c2ccccc2)C1=O. The number of nitrogens with zero attached hydrogens (tertiary/aromatic N) is 2. The lowest BCUT2D eigenvalue weighted by Gasteiger charge is -2.30. The van der Waals surface area contributed by atoms with E-state index in [1.165, 1.54) is 12.0 Å². The number of hydrogen-bond acceptors (Lipinski definition) is 11. The van der Waals surface area contributed by atoms with Gasteiger partial charge in [0.05, 0.1) is 31.0 Å². The van der Waals surface area contributed by atoms with Crippen LogP contribution in [0.2, 0.25) is 0 Å². The number of anilines is 1. The lowest BCUT2D eigenvalue weighted by atomic mass is 9.95. The van der Waals surface area contributed by atoms with Gasteiger partial charge >= 0.3 is 12.0 Å². The van der Waals surface area contributed by atoms with Crippen molar-refractivity contribution < 1.29 is 38.5 Å². The fourth-order valence-corrected chi connectivity index (χ4v) is 4.67. The summed E-state index contributed by atoms with van der Waals surface area (Å²) in [5.74, 6) is -2.57. The molecule has 3 atom stereocenters. The Bertz CT molecular complexity index is 1480. The number of para-hydroxylation sites is 1. The number of allylic oxidation sites excluding steroid dienone is 1. The Morgan fingerprint density at radius 2 is 1.88 bits per heavy atom. The van der Waals surface area contributed by atoms with Gasteiger partial charge in [-0.15, -0.1) is 0 Å². The Balaban J connectivity index is 1.41. The summed E-state index contributed by atoms with van der Waals surface area (Å²) in [5, 5.41) is 21.9. The predicted molar refractivity (Wildman–Crippen MR) is 158 cm³/mol. The fourth-order valence-electron chi connectivity index (χ4n) is 4.37. The molecule has 15 heteroatoms. The maximum atomic E-state index is 13.0. The number of ether oxygens (including phenoxy) is 3. The van der Waals surface area contributed by atoms with Crippen LogP contribution < -0.4 is 35.7 Å². The van der Waals surface area contributed by atoms with Crippen LogP contribution in [0.5, 0.6) is 11.5 Å². The molecule has 43 heavy (non-hydrogen) atoms. The molecule has 0 spiro atoms. The molecule has 2 aliphatic rings. The summed E-state index contributed by atoms with van der Waals surface area (Å²) in [6, 6.07) is 12.1. The Morgan fingerprint density at radius 1 is 1.14 bits per heavy atom. The first kappa shape index (κ1) is 30.9. The molecule has 1 fully saturated rings. The number of aliphatic hydroxyl groups is 1. The first-order valence-electron chi connectivity index (χ1n) is 13.1. The van der Waals surface area contributed by atoms with Crippen LogP contribution in [0.25, 0.3) is 0 Å². The normalized spacial score (nSPS) is 19.4. The van der Waals surface area contributed by atoms with E-state index in [4.69, 9.17) is 26.4 Å². The zero-order valence-corrected chi connectivity index (χ0v) is 24.3. The third-order valence-electron chi connectivity index (χ3n) is 6.34. The number of nitrogens with one attached hydrogen (secondary N) is 4. The van der Waals surface area contributed by atoms with Gasteiger partial charge in [0.25, 0.3) is 5.91 Å². The predicted octanol–water partition coefficient (Wildman–Crippen LogP) is 1.22. The second kappa shape index (κ2) is 13.8. The molecule has 0 unspecified atom stereocenters. The highest BCUT2D eigenvalue weighted by atomic mass is 32.1. The van der Waals surface area contributed by atoms with Crippen molar-refractivity contribution in [1.29, 1.82) is 0 Å². The van der Waals surface area contributed by atoms with Crippen molar-refractivity contribution in [2.24, 2.45) is 11.0 Å². The summed E-state index contributed by atoms with van der Waals surface area (Å²) in [4.78, 5) is 51.1. The molecule has 2 aromatic rings. The number of carbonyl (C=O) groups excluding carboxylic acids is 4. The van der Waals surface area contributed by atoms with E-state index in [1.54, 1.807) is 62.4 Å². The molecule has 2 aromatic carbocycles. The number of urea groups is 1. The zero-order valence-electron chi connectivity index (χ0n) is 23.5. The van der Waals surface area contributed by atoms with E-state index in [1.807, 2.05) is 0 Å². The molecule has 14 nitrogen and oxygen atoms in total. The minimum absolute atomic E-state index is 0.0430. The van der Waals surface area contributed by atoms with Gasteiger partial charge in [0.15, 0.2) is 28.8 Å². The van der Waals surface area contributed by atoms with E-state index in [-0.39, 0.29) is 29.6 Å². The summed E-state index contributed by atoms with van der Waals surface area (Å²) >= 11 is 5.16. The number of methoxy groups -OCH3 is 1. The molecule has 2 heterocycles. The van der Waals surface area contributed by atoms with Crippen LogP contribution in [0.4, 0.5) is 10.5 Å². The highest BCUT2D eigenvalue weighted by Crippen LogP contribution is 2.35. The number of hydrogen-bond donors (Lipinski definition) is 5. The summed E-state index contributed by atoms with van der Waals surface area (Å²) in [6.07, 6.45) is -0.264. The van der Waals surface area contributed by atoms with Crippen LogP contribution in [-0.2, 0) is 19.1 Å². The molecule has 2 aliphatic heterocycles. The van der Waals surface area contributed by atoms with Crippen molar-refractivity contribution in [1.82, 2.24) is 21.4 Å². The molecule has 5 N–H and O–H groups in total. The standard InChI is InChI=1S/C28H30N6O8S/c1-4-41-20-12-16(23-22(26(38)40-3)15(2)30-27(39)31-23)10-11-19(20)42-14-21(35)33-29-13-18-24(36)32-28(43)34(25(18)37)17-8-6-5-7-9-17/h5-13,18,21,23,33,35H,4,14H2,1-3H3,(H2,30,31,39)(H,32,36,43)/b29-13-/t18-,21+,23-/m0/s1. The number of aliphatic hydroxyl groups excluding tert-OH is 1. The molecule has 4 amide bonds. The number of thiocarbonyl (C=S) groups is 1. The first-order chi connectivity index (χ1) is 20.6. The van der Waals surface area contributed by atoms with E-state index in [0.29, 0.717) is 22.7 Å². The molecular weight excluding hydrogens is 580 g/mol. The van der Waals surface area contributed by atoms with E-state index in [9.17, 15) is 24.3 Å². The van der Waals surface area contributed by atoms with E-state index < -0.39 is 42.0 Å². The van der Waals surface area contributed by atoms with Crippen LogP contribution in [0.3, 0.4) is 0 Å². The molecule has 0 bridgehead atoms. The highest BCUT2D eigenvalue weighted by Gasteiger charge is 2.38. The van der Waals surface area contributed by atoms with Gasteiger partial charge in [0, 0.05) is 11.9 Å². The van der Waals surface area contributed by atoms with Crippen LogP contribution in [0.1, 0.15) is 25.5 Å². The van der Waals surface area contributed by atoms with Crippen molar-refractivity contribution in [3.8, 4) is 11.5 Å². The summed E-state index contributed by atoms with van der Waals surface area (Å²) in [7, 11) is 1.25. The van der Waals surface area contributed by atoms with Crippen LogP contribution >= 0.6 is 12.2 Å². The second-order valence-corrected chi connectivity index (χ2v) is 9.60. The number of rotatable bonds is 11. The third-order valence-corrected chi connectivity index (χ3v) is 6.62. The Kier molecular flexibility index (Phi) is 9.90. The van der Waals surface area contributed by atoms with Crippen LogP contribution in [-0.4, -0.2) is 66.8 Å². The lowest BCUT2D eigenvalue weighted by Crippen LogP contribution is -2.58. The average molecular weight is 611 g/mol. The Hall–Kier alpha value is -5.02. The van der Waals surface area contributed by atoms with Crippen LogP contribution in [0, 0.1) is 5.92 Å². The maximum Gasteiger partial charge on any atom is 0.337 e. The molecule has 0 aromatic heterocycles. The molecule has 0 aliphatic carbocycles. The summed E-state index contributed by atoms with van der Waals surface area (Å²) < 4.78 is 16.3. The molecule has 0 radical (unpaired) electrons. The highest BCUT2D eigenvalue weighted by molar-refractivity contribution is 7.80. The van der Waals surface area contributed by atoms with Crippen molar-refractivity contribution in [3.63, 3.8) is 0 Å². The van der Waals surface area contributed by atoms with Gasteiger partial charge in [-0.25, -0.2) is 9.59 Å². The van der Waals surface area contributed by atoms with Gasteiger partial charge in [-0.3, -0.25) is 19.9 Å². The number of carbonyl (C=O) groups is 4. The van der Waals surface area contributed by atoms with Crippen molar-refractivity contribution in [2.75, 3.05) is 25.2 Å². The molecule has 0 saturated carbocycles. The van der Waals surface area contributed by atoms with Gasteiger partial charge in [0.1, 0.15) is 6.61 Å². The quantitative estimate of drug-likeness (QED) is 0.0620. The number of benzene rings is 2. The molecular formula is C28H30N6O8S. The largest absolute Gasteiger partial charge is 0.490 e. The van der Waals surface area contributed by atoms with Crippen LogP contribution in [0.15, 0.2) is 64.9 Å². The molecule has 4 rings (SSSR count). The van der Waals surface area contributed by atoms with Gasteiger partial charge in [0.2, 0.25) is 5.91 Å². The smallest absolute Gasteiger partial charge is 0.337 e. The Morgan fingerprint density at radius 3 is 2.58 bits per heavy atom. The number of hydrazone groups is 1.